The Kier molecular flexibility index (Phi) is 3.14. The van der Waals surface area contributed by atoms with Gasteiger partial charge in [0.1, 0.15) is 12.1 Å². The van der Waals surface area contributed by atoms with Crippen LogP contribution >= 0.6 is 0 Å². The second-order valence-electron chi connectivity index (χ2n) is 6.85. The van der Waals surface area contributed by atoms with Crippen molar-refractivity contribution in [3.05, 3.63) is 18.1 Å². The first-order valence-electron chi connectivity index (χ1n) is 8.07. The maximum absolute atomic E-state index is 4.49. The van der Waals surface area contributed by atoms with Crippen LogP contribution in [0.25, 0.3) is 0 Å². The molecule has 4 rings (SSSR count). The van der Waals surface area contributed by atoms with Gasteiger partial charge < -0.3 is 4.90 Å². The van der Waals surface area contributed by atoms with Crippen LogP contribution in [-0.4, -0.2) is 47.1 Å². The van der Waals surface area contributed by atoms with Crippen LogP contribution in [0.5, 0.6) is 0 Å². The van der Waals surface area contributed by atoms with Gasteiger partial charge in [0.2, 0.25) is 0 Å². The first-order valence-corrected chi connectivity index (χ1v) is 8.07. The van der Waals surface area contributed by atoms with Crippen molar-refractivity contribution in [3.63, 3.8) is 0 Å². The highest BCUT2D eigenvalue weighted by atomic mass is 15.3. The van der Waals surface area contributed by atoms with Gasteiger partial charge in [-0.05, 0) is 31.6 Å². The fourth-order valence-electron chi connectivity index (χ4n) is 4.49. The highest BCUT2D eigenvalue weighted by Crippen LogP contribution is 2.37. The van der Waals surface area contributed by atoms with Gasteiger partial charge in [-0.2, -0.15) is 0 Å². The van der Waals surface area contributed by atoms with E-state index in [1.165, 1.54) is 57.4 Å². The zero-order chi connectivity index (χ0) is 13.5. The number of likely N-dealkylation sites (tertiary alicyclic amines) is 1. The summed E-state index contributed by atoms with van der Waals surface area (Å²) in [5.41, 5.74) is 1.21. The van der Waals surface area contributed by atoms with Gasteiger partial charge in [-0.15, -0.1) is 0 Å². The molecular formula is C16H24N4. The molecule has 0 amide bonds. The largest absolute Gasteiger partial charge is 0.356 e. The van der Waals surface area contributed by atoms with Crippen LogP contribution in [0, 0.1) is 18.8 Å². The number of aryl methyl sites for hydroxylation is 1. The number of anilines is 1. The molecule has 0 aromatic carbocycles. The normalized spacial score (nSPS) is 31.1. The van der Waals surface area contributed by atoms with Crippen molar-refractivity contribution in [3.8, 4) is 0 Å². The van der Waals surface area contributed by atoms with Crippen molar-refractivity contribution in [1.29, 1.82) is 0 Å². The van der Waals surface area contributed by atoms with Crippen molar-refractivity contribution in [1.82, 2.24) is 14.9 Å². The van der Waals surface area contributed by atoms with Crippen LogP contribution in [0.3, 0.4) is 0 Å². The Balaban J connectivity index is 1.43. The van der Waals surface area contributed by atoms with Gasteiger partial charge in [0.05, 0.1) is 0 Å². The summed E-state index contributed by atoms with van der Waals surface area (Å²) in [6.07, 6.45) is 9.39. The fraction of sp³-hybridized carbons (Fsp3) is 0.750. The summed E-state index contributed by atoms with van der Waals surface area (Å²) in [4.78, 5) is 13.9. The number of fused-ring (bicyclic) bond motifs is 1. The van der Waals surface area contributed by atoms with E-state index in [9.17, 15) is 0 Å². The van der Waals surface area contributed by atoms with E-state index in [1.54, 1.807) is 6.33 Å². The minimum Gasteiger partial charge on any atom is -0.356 e. The molecule has 0 N–H and O–H groups in total. The lowest BCUT2D eigenvalue weighted by Gasteiger charge is -2.27. The minimum atomic E-state index is 0.852. The molecule has 2 saturated heterocycles. The van der Waals surface area contributed by atoms with E-state index in [0.717, 1.165) is 23.7 Å². The molecule has 4 nitrogen and oxygen atoms in total. The first kappa shape index (κ1) is 12.6. The molecule has 0 bridgehead atoms. The molecule has 20 heavy (non-hydrogen) atoms. The van der Waals surface area contributed by atoms with Crippen molar-refractivity contribution >= 4 is 5.82 Å². The Bertz CT molecular complexity index is 469. The molecule has 1 aromatic heterocycles. The smallest absolute Gasteiger partial charge is 0.134 e. The van der Waals surface area contributed by atoms with Crippen LogP contribution in [0.4, 0.5) is 5.82 Å². The van der Waals surface area contributed by atoms with Gasteiger partial charge in [-0.1, -0.05) is 12.8 Å². The monoisotopic (exact) mass is 272 g/mol. The zero-order valence-electron chi connectivity index (χ0n) is 12.3. The van der Waals surface area contributed by atoms with Gasteiger partial charge in [-0.3, -0.25) is 4.90 Å². The SMILES string of the molecule is Cc1cncnc1N1CC2CN(C3CCCC3)CC2C1. The van der Waals surface area contributed by atoms with Crippen molar-refractivity contribution in [2.45, 2.75) is 38.6 Å². The lowest BCUT2D eigenvalue weighted by Crippen LogP contribution is -2.35. The lowest BCUT2D eigenvalue weighted by atomic mass is 10.0. The molecular weight excluding hydrogens is 248 g/mol. The second kappa shape index (κ2) is 4.99. The maximum Gasteiger partial charge on any atom is 0.134 e. The van der Waals surface area contributed by atoms with Crippen molar-refractivity contribution in [2.75, 3.05) is 31.1 Å². The van der Waals surface area contributed by atoms with E-state index >= 15 is 0 Å². The Hall–Kier alpha value is -1.16. The number of nitrogens with zero attached hydrogens (tertiary/aromatic N) is 4. The van der Waals surface area contributed by atoms with Crippen molar-refractivity contribution < 1.29 is 0 Å². The fourth-order valence-corrected chi connectivity index (χ4v) is 4.49. The van der Waals surface area contributed by atoms with Crippen LogP contribution in [0.1, 0.15) is 31.2 Å². The van der Waals surface area contributed by atoms with E-state index in [2.05, 4.69) is 26.7 Å². The standard InChI is InChI=1S/C16H24N4/c1-12-6-17-11-18-16(12)20-9-13-7-19(8-14(13)10-20)15-4-2-3-5-15/h6,11,13-15H,2-5,7-10H2,1H3. The molecule has 2 atom stereocenters. The third-order valence-electron chi connectivity index (χ3n) is 5.52. The highest BCUT2D eigenvalue weighted by molar-refractivity contribution is 5.46. The molecule has 3 fully saturated rings. The molecule has 108 valence electrons. The number of hydrogen-bond donors (Lipinski definition) is 0. The predicted molar refractivity (Wildman–Crippen MR) is 79.8 cm³/mol. The molecule has 0 radical (unpaired) electrons. The van der Waals surface area contributed by atoms with E-state index in [1.807, 2.05) is 6.20 Å². The molecule has 3 aliphatic rings. The van der Waals surface area contributed by atoms with Crippen LogP contribution in [0.15, 0.2) is 12.5 Å². The topological polar surface area (TPSA) is 32.3 Å². The summed E-state index contributed by atoms with van der Waals surface area (Å²) in [5, 5.41) is 0. The molecule has 3 heterocycles. The third-order valence-corrected chi connectivity index (χ3v) is 5.52. The summed E-state index contributed by atoms with van der Waals surface area (Å²) in [5.74, 6) is 2.86. The number of rotatable bonds is 2. The second-order valence-corrected chi connectivity index (χ2v) is 6.85. The van der Waals surface area contributed by atoms with Crippen LogP contribution < -0.4 is 4.90 Å². The van der Waals surface area contributed by atoms with Crippen LogP contribution in [0.2, 0.25) is 0 Å². The lowest BCUT2D eigenvalue weighted by molar-refractivity contribution is 0.231. The average molecular weight is 272 g/mol. The van der Waals surface area contributed by atoms with Gasteiger partial charge in [0.25, 0.3) is 0 Å². The minimum absolute atomic E-state index is 0.852. The van der Waals surface area contributed by atoms with E-state index in [0.29, 0.717) is 0 Å². The van der Waals surface area contributed by atoms with Crippen LogP contribution in [-0.2, 0) is 0 Å². The Morgan fingerprint density at radius 2 is 1.75 bits per heavy atom. The van der Waals surface area contributed by atoms with E-state index in [4.69, 9.17) is 0 Å². The molecule has 2 unspecified atom stereocenters. The Morgan fingerprint density at radius 1 is 1.05 bits per heavy atom. The molecule has 0 spiro atoms. The predicted octanol–water partition coefficient (Wildman–Crippen LogP) is 2.10. The number of hydrogen-bond acceptors (Lipinski definition) is 4. The van der Waals surface area contributed by atoms with Crippen molar-refractivity contribution in [2.24, 2.45) is 11.8 Å². The van der Waals surface area contributed by atoms with E-state index in [-0.39, 0.29) is 0 Å². The summed E-state index contributed by atoms with van der Waals surface area (Å²) < 4.78 is 0. The Morgan fingerprint density at radius 3 is 2.40 bits per heavy atom. The maximum atomic E-state index is 4.49. The van der Waals surface area contributed by atoms with Gasteiger partial charge in [0.15, 0.2) is 0 Å². The summed E-state index contributed by atoms with van der Waals surface area (Å²) >= 11 is 0. The first-order chi connectivity index (χ1) is 9.81. The average Bonchev–Trinajstić information content (AvgIpc) is 3.14. The Labute approximate surface area is 121 Å². The van der Waals surface area contributed by atoms with E-state index < -0.39 is 0 Å². The summed E-state index contributed by atoms with van der Waals surface area (Å²) in [6, 6.07) is 0.898. The number of aromatic nitrogens is 2. The van der Waals surface area contributed by atoms with Gasteiger partial charge >= 0.3 is 0 Å². The molecule has 1 aromatic rings. The molecule has 1 aliphatic carbocycles. The zero-order valence-corrected chi connectivity index (χ0v) is 12.3. The van der Waals surface area contributed by atoms with Gasteiger partial charge in [-0.25, -0.2) is 9.97 Å². The third kappa shape index (κ3) is 2.10. The summed E-state index contributed by atoms with van der Waals surface area (Å²) in [7, 11) is 0. The molecule has 1 saturated carbocycles. The highest BCUT2D eigenvalue weighted by Gasteiger charge is 2.42. The molecule has 2 aliphatic heterocycles. The van der Waals surface area contributed by atoms with Gasteiger partial charge in [0, 0.05) is 44.0 Å². The quantitative estimate of drug-likeness (QED) is 0.825. The summed E-state index contributed by atoms with van der Waals surface area (Å²) in [6.45, 7) is 7.12. The molecule has 4 heteroatoms.